The molecule has 1 unspecified atom stereocenters. The maximum Gasteiger partial charge on any atom is 0.255 e. The van der Waals surface area contributed by atoms with Crippen molar-refractivity contribution in [1.29, 1.82) is 0 Å². The highest BCUT2D eigenvalue weighted by molar-refractivity contribution is 6.05. The molecular weight excluding hydrogens is 514 g/mol. The number of piperidine rings is 1. The molecule has 3 heterocycles. The van der Waals surface area contributed by atoms with Crippen LogP contribution < -0.4 is 5.32 Å². The van der Waals surface area contributed by atoms with E-state index in [1.54, 1.807) is 24.3 Å². The summed E-state index contributed by atoms with van der Waals surface area (Å²) in [4.78, 5) is 42.7. The molecular formula is C31H30F2N4O3. The lowest BCUT2D eigenvalue weighted by molar-refractivity contribution is -0.136. The van der Waals surface area contributed by atoms with Crippen LogP contribution >= 0.6 is 0 Å². The van der Waals surface area contributed by atoms with Gasteiger partial charge in [-0.05, 0) is 41.3 Å². The third-order valence-corrected chi connectivity index (χ3v) is 8.15. The fourth-order valence-corrected chi connectivity index (χ4v) is 5.93. The summed E-state index contributed by atoms with van der Waals surface area (Å²) >= 11 is 0. The first kappa shape index (κ1) is 26.3. The Morgan fingerprint density at radius 1 is 0.775 bits per heavy atom. The van der Waals surface area contributed by atoms with Crippen LogP contribution in [-0.2, 0) is 29.2 Å². The lowest BCUT2D eigenvalue weighted by Crippen LogP contribution is -2.52. The second-order valence-electron chi connectivity index (χ2n) is 10.7. The zero-order valence-corrected chi connectivity index (χ0v) is 22.0. The average molecular weight is 545 g/mol. The van der Waals surface area contributed by atoms with Crippen LogP contribution in [0, 0.1) is 11.6 Å². The molecule has 0 saturated carbocycles. The zero-order valence-electron chi connectivity index (χ0n) is 22.0. The summed E-state index contributed by atoms with van der Waals surface area (Å²) in [5.74, 6) is -1.87. The number of halogens is 2. The number of carbonyl (C=O) groups is 3. The number of rotatable bonds is 6. The van der Waals surface area contributed by atoms with Crippen molar-refractivity contribution in [2.75, 3.05) is 26.2 Å². The minimum atomic E-state index is -0.762. The summed E-state index contributed by atoms with van der Waals surface area (Å²) < 4.78 is 29.0. The first-order chi connectivity index (χ1) is 19.4. The number of piperazine rings is 1. The molecule has 0 spiro atoms. The SMILES string of the molecule is O=C1CCC(N2Cc3c(ccc(CN4CCN(Cc5ccccc5-c5ccc(F)cc5)CC4)c3F)C2=O)C(=O)N1. The zero-order chi connectivity index (χ0) is 27.8. The number of hydrogen-bond acceptors (Lipinski definition) is 5. The van der Waals surface area contributed by atoms with Crippen molar-refractivity contribution < 1.29 is 23.2 Å². The molecule has 0 bridgehead atoms. The van der Waals surface area contributed by atoms with E-state index in [-0.39, 0.29) is 42.6 Å². The Morgan fingerprint density at radius 3 is 2.15 bits per heavy atom. The Balaban J connectivity index is 1.08. The van der Waals surface area contributed by atoms with E-state index >= 15 is 4.39 Å². The van der Waals surface area contributed by atoms with E-state index in [1.165, 1.54) is 22.6 Å². The van der Waals surface area contributed by atoms with Gasteiger partial charge in [-0.3, -0.25) is 29.5 Å². The fourth-order valence-electron chi connectivity index (χ4n) is 5.93. The normalized spacial score (nSPS) is 20.1. The van der Waals surface area contributed by atoms with Crippen molar-refractivity contribution in [3.05, 3.63) is 94.6 Å². The van der Waals surface area contributed by atoms with Crippen LogP contribution in [0.5, 0.6) is 0 Å². The summed E-state index contributed by atoms with van der Waals surface area (Å²) in [7, 11) is 0. The fraction of sp³-hybridized carbons (Fsp3) is 0.323. The number of nitrogens with zero attached hydrogens (tertiary/aromatic N) is 3. The molecule has 40 heavy (non-hydrogen) atoms. The maximum atomic E-state index is 15.6. The molecule has 2 fully saturated rings. The van der Waals surface area contributed by atoms with Gasteiger partial charge in [0.25, 0.3) is 5.91 Å². The maximum absolute atomic E-state index is 15.6. The molecule has 0 aliphatic carbocycles. The smallest absolute Gasteiger partial charge is 0.255 e. The summed E-state index contributed by atoms with van der Waals surface area (Å²) in [5, 5.41) is 2.28. The van der Waals surface area contributed by atoms with Crippen molar-refractivity contribution in [1.82, 2.24) is 20.0 Å². The van der Waals surface area contributed by atoms with E-state index in [4.69, 9.17) is 0 Å². The van der Waals surface area contributed by atoms with Crippen LogP contribution in [0.2, 0.25) is 0 Å². The van der Waals surface area contributed by atoms with Crippen molar-refractivity contribution in [3.63, 3.8) is 0 Å². The molecule has 0 aromatic heterocycles. The minimum Gasteiger partial charge on any atom is -0.322 e. The number of hydrogen-bond donors (Lipinski definition) is 1. The van der Waals surface area contributed by atoms with Crippen LogP contribution in [0.4, 0.5) is 8.78 Å². The van der Waals surface area contributed by atoms with E-state index in [0.29, 0.717) is 17.7 Å². The van der Waals surface area contributed by atoms with Crippen LogP contribution in [0.1, 0.15) is 39.9 Å². The third-order valence-electron chi connectivity index (χ3n) is 8.15. The number of carbonyl (C=O) groups excluding carboxylic acids is 3. The monoisotopic (exact) mass is 544 g/mol. The number of imide groups is 1. The highest BCUT2D eigenvalue weighted by Gasteiger charge is 2.40. The second-order valence-corrected chi connectivity index (χ2v) is 10.7. The highest BCUT2D eigenvalue weighted by Crippen LogP contribution is 2.31. The van der Waals surface area contributed by atoms with Gasteiger partial charge in [0.15, 0.2) is 0 Å². The van der Waals surface area contributed by atoms with Crippen LogP contribution in [0.15, 0.2) is 60.7 Å². The van der Waals surface area contributed by atoms with Gasteiger partial charge in [-0.15, -0.1) is 0 Å². The topological polar surface area (TPSA) is 73.0 Å². The number of amides is 3. The van der Waals surface area contributed by atoms with Crippen LogP contribution in [0.25, 0.3) is 11.1 Å². The van der Waals surface area contributed by atoms with Crippen molar-refractivity contribution in [3.8, 4) is 11.1 Å². The molecule has 1 atom stereocenters. The molecule has 3 aliphatic heterocycles. The van der Waals surface area contributed by atoms with Gasteiger partial charge < -0.3 is 4.90 Å². The quantitative estimate of drug-likeness (QED) is 0.479. The van der Waals surface area contributed by atoms with Gasteiger partial charge in [0, 0.05) is 62.4 Å². The van der Waals surface area contributed by atoms with Gasteiger partial charge in [-0.1, -0.05) is 42.5 Å². The predicted molar refractivity (Wildman–Crippen MR) is 145 cm³/mol. The van der Waals surface area contributed by atoms with Gasteiger partial charge in [-0.2, -0.15) is 0 Å². The summed E-state index contributed by atoms with van der Waals surface area (Å²) in [6.07, 6.45) is 0.408. The Hall–Kier alpha value is -3.95. The Morgan fingerprint density at radius 2 is 1.45 bits per heavy atom. The minimum absolute atomic E-state index is 0.0291. The van der Waals surface area contributed by atoms with E-state index in [2.05, 4.69) is 27.2 Å². The van der Waals surface area contributed by atoms with Crippen molar-refractivity contribution >= 4 is 17.7 Å². The lowest BCUT2D eigenvalue weighted by atomic mass is 9.99. The standard InChI is InChI=1S/C31H30F2N4O3/c32-23-8-5-20(6-9-23)24-4-2-1-3-21(24)17-35-13-15-36(16-14-35)18-22-7-10-25-26(29(22)33)19-37(31(25)40)27-11-12-28(38)34-30(27)39/h1-10,27H,11-19H2,(H,34,38,39). The predicted octanol–water partition coefficient (Wildman–Crippen LogP) is 3.71. The molecule has 206 valence electrons. The first-order valence-electron chi connectivity index (χ1n) is 13.6. The van der Waals surface area contributed by atoms with E-state index in [0.717, 1.165) is 43.9 Å². The number of benzene rings is 3. The number of fused-ring (bicyclic) bond motifs is 1. The second kappa shape index (κ2) is 10.9. The van der Waals surface area contributed by atoms with Crippen molar-refractivity contribution in [2.24, 2.45) is 0 Å². The summed E-state index contributed by atoms with van der Waals surface area (Å²) in [6, 6.07) is 17.3. The van der Waals surface area contributed by atoms with Gasteiger partial charge in [0.2, 0.25) is 11.8 Å². The van der Waals surface area contributed by atoms with Gasteiger partial charge in [0.05, 0.1) is 6.54 Å². The van der Waals surface area contributed by atoms with Crippen LogP contribution in [0.3, 0.4) is 0 Å². The van der Waals surface area contributed by atoms with Crippen LogP contribution in [-0.4, -0.2) is 64.6 Å². The first-order valence-corrected chi connectivity index (χ1v) is 13.6. The largest absolute Gasteiger partial charge is 0.322 e. The van der Waals surface area contributed by atoms with Gasteiger partial charge >= 0.3 is 0 Å². The van der Waals surface area contributed by atoms with E-state index in [1.807, 2.05) is 12.1 Å². The molecule has 9 heteroatoms. The Labute approximate surface area is 231 Å². The van der Waals surface area contributed by atoms with Gasteiger partial charge in [-0.25, -0.2) is 8.78 Å². The lowest BCUT2D eigenvalue weighted by Gasteiger charge is -2.35. The summed E-state index contributed by atoms with van der Waals surface area (Å²) in [6.45, 7) is 4.44. The molecule has 3 aromatic rings. The Bertz CT molecular complexity index is 1470. The molecule has 7 nitrogen and oxygen atoms in total. The average Bonchev–Trinajstić information content (AvgIpc) is 3.29. The molecule has 3 amide bonds. The van der Waals surface area contributed by atoms with Crippen molar-refractivity contribution in [2.45, 2.75) is 38.5 Å². The number of nitrogens with one attached hydrogen (secondary N) is 1. The van der Waals surface area contributed by atoms with Gasteiger partial charge in [0.1, 0.15) is 17.7 Å². The molecule has 3 aliphatic rings. The third kappa shape index (κ3) is 5.14. The highest BCUT2D eigenvalue weighted by atomic mass is 19.1. The molecule has 1 N–H and O–H groups in total. The molecule has 3 aromatic carbocycles. The summed E-state index contributed by atoms with van der Waals surface area (Å²) in [5.41, 5.74) is 4.39. The van der Waals surface area contributed by atoms with E-state index in [9.17, 15) is 18.8 Å². The molecule has 6 rings (SSSR count). The molecule has 0 radical (unpaired) electrons. The van der Waals surface area contributed by atoms with E-state index < -0.39 is 17.8 Å². The Kier molecular flexibility index (Phi) is 7.16. The molecule has 2 saturated heterocycles.